The molecule has 12 heteroatoms. The maximum atomic E-state index is 15.3. The Labute approximate surface area is 237 Å². The summed E-state index contributed by atoms with van der Waals surface area (Å²) in [4.78, 5) is 10.9. The molecule has 2 heterocycles. The first kappa shape index (κ1) is 28.2. The number of ether oxygens (including phenoxy) is 2. The van der Waals surface area contributed by atoms with E-state index in [4.69, 9.17) is 21.1 Å². The van der Waals surface area contributed by atoms with Crippen molar-refractivity contribution < 1.29 is 27.0 Å². The van der Waals surface area contributed by atoms with E-state index >= 15 is 4.39 Å². The summed E-state index contributed by atoms with van der Waals surface area (Å²) in [6.45, 7) is 2.41. The molecular formula is C29H24ClF4N5O2. The van der Waals surface area contributed by atoms with E-state index in [9.17, 15) is 13.2 Å². The molecule has 0 aliphatic carbocycles. The summed E-state index contributed by atoms with van der Waals surface area (Å²) in [5.41, 5.74) is 1.27. The molecule has 0 spiro atoms. The zero-order valence-electron chi connectivity index (χ0n) is 22.2. The van der Waals surface area contributed by atoms with Gasteiger partial charge in [0.05, 0.1) is 48.8 Å². The molecule has 5 rings (SSSR count). The quantitative estimate of drug-likeness (QED) is 0.175. The van der Waals surface area contributed by atoms with E-state index in [2.05, 4.69) is 15.1 Å². The van der Waals surface area contributed by atoms with Crippen molar-refractivity contribution in [3.63, 3.8) is 0 Å². The van der Waals surface area contributed by atoms with Crippen LogP contribution in [0, 0.1) is 5.82 Å². The van der Waals surface area contributed by atoms with Crippen LogP contribution >= 0.6 is 11.6 Å². The first-order valence-corrected chi connectivity index (χ1v) is 12.9. The fraction of sp³-hybridized carbons (Fsp3) is 0.207. The number of hydrogen-bond donors (Lipinski definition) is 0. The van der Waals surface area contributed by atoms with Crippen molar-refractivity contribution in [1.29, 1.82) is 0 Å². The third-order valence-corrected chi connectivity index (χ3v) is 6.76. The zero-order chi connectivity index (χ0) is 29.3. The van der Waals surface area contributed by atoms with Gasteiger partial charge < -0.3 is 14.4 Å². The molecule has 0 N–H and O–H groups in total. The number of fused-ring (bicyclic) bond motifs is 1. The number of nitrogens with zero attached hydrogens (tertiary/aromatic N) is 5. The molecule has 0 atom stereocenters. The normalized spacial score (nSPS) is 11.6. The second-order valence-electron chi connectivity index (χ2n) is 9.01. The van der Waals surface area contributed by atoms with Crippen LogP contribution in [0.2, 0.25) is 5.02 Å². The van der Waals surface area contributed by atoms with Gasteiger partial charge in [-0.05, 0) is 55.0 Å². The average Bonchev–Trinajstić information content (AvgIpc) is 3.36. The second kappa shape index (κ2) is 11.2. The third-order valence-electron chi connectivity index (χ3n) is 6.46. The highest BCUT2D eigenvalue weighted by Crippen LogP contribution is 2.39. The van der Waals surface area contributed by atoms with Gasteiger partial charge in [0, 0.05) is 6.54 Å². The summed E-state index contributed by atoms with van der Waals surface area (Å²) in [6.07, 6.45) is -2.86. The highest BCUT2D eigenvalue weighted by Gasteiger charge is 2.32. The van der Waals surface area contributed by atoms with Crippen molar-refractivity contribution in [1.82, 2.24) is 19.7 Å². The summed E-state index contributed by atoms with van der Waals surface area (Å²) in [6, 6.07) is 14.9. The van der Waals surface area contributed by atoms with Gasteiger partial charge in [0.25, 0.3) is 0 Å². The smallest absolute Gasteiger partial charge is 0.416 e. The van der Waals surface area contributed by atoms with Crippen molar-refractivity contribution in [2.24, 2.45) is 0 Å². The fourth-order valence-electron chi connectivity index (χ4n) is 4.47. The molecular weight excluding hydrogens is 562 g/mol. The van der Waals surface area contributed by atoms with E-state index in [-0.39, 0.29) is 40.2 Å². The third kappa shape index (κ3) is 5.62. The van der Waals surface area contributed by atoms with Crippen LogP contribution in [0.5, 0.6) is 11.5 Å². The average molecular weight is 586 g/mol. The van der Waals surface area contributed by atoms with Crippen molar-refractivity contribution in [3.05, 3.63) is 88.8 Å². The van der Waals surface area contributed by atoms with Crippen LogP contribution in [0.4, 0.5) is 29.2 Å². The molecule has 0 bridgehead atoms. The molecule has 0 saturated carbocycles. The van der Waals surface area contributed by atoms with E-state index in [0.29, 0.717) is 23.3 Å². The molecule has 0 aliphatic rings. The Morgan fingerprint density at radius 3 is 2.37 bits per heavy atom. The number of halogens is 5. The van der Waals surface area contributed by atoms with Crippen LogP contribution in [0.25, 0.3) is 22.3 Å². The number of alkyl halides is 3. The van der Waals surface area contributed by atoms with Gasteiger partial charge in [0.2, 0.25) is 5.95 Å². The number of aromatic nitrogens is 4. The number of hydrogen-bond acceptors (Lipinski definition) is 6. The highest BCUT2D eigenvalue weighted by molar-refractivity contribution is 6.33. The number of benzene rings is 3. The standard InChI is InChI=1S/C29H24ClF4N5O2/c1-4-39(23-13-10-18(14-20(23)30)29(32,33)34)28-35-22-16-38(15-17-8-11-19(40-2)12-9-17)37-26(22)27(36-28)25-21(31)6-5-7-24(25)41-3/h5-14,16H,4,15H2,1-3H3. The van der Waals surface area contributed by atoms with Crippen molar-refractivity contribution >= 4 is 34.3 Å². The van der Waals surface area contributed by atoms with Crippen molar-refractivity contribution in [2.45, 2.75) is 19.6 Å². The maximum absolute atomic E-state index is 15.3. The molecule has 0 unspecified atom stereocenters. The van der Waals surface area contributed by atoms with Gasteiger partial charge in [-0.15, -0.1) is 0 Å². The fourth-order valence-corrected chi connectivity index (χ4v) is 4.75. The topological polar surface area (TPSA) is 65.3 Å². The van der Waals surface area contributed by atoms with Gasteiger partial charge >= 0.3 is 6.18 Å². The van der Waals surface area contributed by atoms with Gasteiger partial charge in [-0.2, -0.15) is 18.3 Å². The van der Waals surface area contributed by atoms with Crippen LogP contribution < -0.4 is 14.4 Å². The lowest BCUT2D eigenvalue weighted by atomic mass is 10.1. The number of rotatable bonds is 8. The molecule has 0 fully saturated rings. The number of methoxy groups -OCH3 is 2. The van der Waals surface area contributed by atoms with E-state index in [1.54, 1.807) is 35.9 Å². The highest BCUT2D eigenvalue weighted by atomic mass is 35.5. The summed E-state index contributed by atoms with van der Waals surface area (Å²) >= 11 is 6.32. The van der Waals surface area contributed by atoms with Crippen LogP contribution in [-0.2, 0) is 12.7 Å². The Hall–Kier alpha value is -4.38. The molecule has 212 valence electrons. The molecule has 0 saturated heterocycles. The van der Waals surface area contributed by atoms with Crippen molar-refractivity contribution in [2.75, 3.05) is 25.7 Å². The molecule has 7 nitrogen and oxygen atoms in total. The summed E-state index contributed by atoms with van der Waals surface area (Å²) in [5.74, 6) is 0.461. The predicted molar refractivity (Wildman–Crippen MR) is 148 cm³/mol. The zero-order valence-corrected chi connectivity index (χ0v) is 23.0. The van der Waals surface area contributed by atoms with Crippen molar-refractivity contribution in [3.8, 4) is 22.8 Å². The minimum atomic E-state index is -4.55. The van der Waals surface area contributed by atoms with Gasteiger partial charge in [0.1, 0.15) is 34.0 Å². The van der Waals surface area contributed by atoms with Gasteiger partial charge in [0.15, 0.2) is 0 Å². The first-order valence-electron chi connectivity index (χ1n) is 12.5. The van der Waals surface area contributed by atoms with Gasteiger partial charge in [-0.3, -0.25) is 4.68 Å². The SMILES string of the molecule is CCN(c1nc(-c2c(F)cccc2OC)c2nn(Cc3ccc(OC)cc3)cc2n1)c1ccc(C(F)(F)F)cc1Cl. The van der Waals surface area contributed by atoms with Crippen LogP contribution in [0.1, 0.15) is 18.1 Å². The molecule has 0 amide bonds. The van der Waals surface area contributed by atoms with Crippen LogP contribution in [0.3, 0.4) is 0 Å². The van der Waals surface area contributed by atoms with Gasteiger partial charge in [-0.25, -0.2) is 14.4 Å². The Bertz CT molecular complexity index is 1710. The summed E-state index contributed by atoms with van der Waals surface area (Å²) in [7, 11) is 3.00. The van der Waals surface area contributed by atoms with E-state index < -0.39 is 17.6 Å². The Morgan fingerprint density at radius 1 is 0.976 bits per heavy atom. The first-order chi connectivity index (χ1) is 19.6. The predicted octanol–water partition coefficient (Wildman–Crippen LogP) is 7.53. The Morgan fingerprint density at radius 2 is 1.73 bits per heavy atom. The minimum absolute atomic E-state index is 0.0768. The van der Waals surface area contributed by atoms with E-state index in [1.807, 2.05) is 24.3 Å². The Kier molecular flexibility index (Phi) is 7.72. The van der Waals surface area contributed by atoms with Crippen LogP contribution in [-0.4, -0.2) is 40.5 Å². The largest absolute Gasteiger partial charge is 0.497 e. The minimum Gasteiger partial charge on any atom is -0.497 e. The van der Waals surface area contributed by atoms with E-state index in [0.717, 1.165) is 17.7 Å². The summed E-state index contributed by atoms with van der Waals surface area (Å²) in [5, 5.41) is 4.53. The molecule has 2 aromatic heterocycles. The molecule has 0 radical (unpaired) electrons. The lowest BCUT2D eigenvalue weighted by Crippen LogP contribution is -2.20. The Balaban J connectivity index is 1.67. The van der Waals surface area contributed by atoms with Gasteiger partial charge in [-0.1, -0.05) is 29.8 Å². The maximum Gasteiger partial charge on any atom is 0.416 e. The summed E-state index contributed by atoms with van der Waals surface area (Å²) < 4.78 is 67.4. The number of anilines is 2. The van der Waals surface area contributed by atoms with Crippen LogP contribution in [0.15, 0.2) is 66.9 Å². The van der Waals surface area contributed by atoms with E-state index in [1.165, 1.54) is 25.3 Å². The molecule has 41 heavy (non-hydrogen) atoms. The molecule has 0 aliphatic heterocycles. The molecule has 5 aromatic rings. The second-order valence-corrected chi connectivity index (χ2v) is 9.41. The lowest BCUT2D eigenvalue weighted by molar-refractivity contribution is -0.137. The lowest BCUT2D eigenvalue weighted by Gasteiger charge is -2.23. The molecule has 3 aromatic carbocycles. The monoisotopic (exact) mass is 585 g/mol.